The van der Waals surface area contributed by atoms with Gasteiger partial charge < -0.3 is 4.42 Å². The Kier molecular flexibility index (Phi) is 4.65. The van der Waals surface area contributed by atoms with Crippen LogP contribution in [0.2, 0.25) is 0 Å². The summed E-state index contributed by atoms with van der Waals surface area (Å²) in [7, 11) is 0. The molecule has 2 atom stereocenters. The molecule has 0 aliphatic carbocycles. The first-order valence-electron chi connectivity index (χ1n) is 10.5. The van der Waals surface area contributed by atoms with Gasteiger partial charge in [-0.05, 0) is 63.1 Å². The fourth-order valence-corrected chi connectivity index (χ4v) is 4.24. The average Bonchev–Trinajstić information content (AvgIpc) is 3.38. The molecule has 5 rings (SSSR count). The summed E-state index contributed by atoms with van der Waals surface area (Å²) in [6, 6.07) is 12.0. The van der Waals surface area contributed by atoms with Crippen LogP contribution in [-0.2, 0) is 16.1 Å². The highest BCUT2D eigenvalue weighted by molar-refractivity contribution is 6.25. The van der Waals surface area contributed by atoms with Gasteiger partial charge in [0, 0.05) is 5.56 Å². The minimum Gasteiger partial charge on any atom is -0.441 e. The fourth-order valence-electron chi connectivity index (χ4n) is 4.24. The van der Waals surface area contributed by atoms with Gasteiger partial charge in [-0.2, -0.15) is 5.11 Å². The van der Waals surface area contributed by atoms with Crippen LogP contribution >= 0.6 is 0 Å². The fraction of sp³-hybridized carbons (Fsp3) is 0.292. The monoisotopic (exact) mass is 429 g/mol. The van der Waals surface area contributed by atoms with Gasteiger partial charge in [-0.15, -0.1) is 0 Å². The van der Waals surface area contributed by atoms with Crippen LogP contribution in [0, 0.1) is 27.7 Å². The number of hydrogen-bond donors (Lipinski definition) is 0. The van der Waals surface area contributed by atoms with Crippen molar-refractivity contribution in [3.63, 3.8) is 0 Å². The van der Waals surface area contributed by atoms with Crippen LogP contribution in [0.4, 0.5) is 5.69 Å². The zero-order chi connectivity index (χ0) is 22.6. The van der Waals surface area contributed by atoms with E-state index in [0.717, 1.165) is 22.3 Å². The molecule has 8 heteroatoms. The van der Waals surface area contributed by atoms with Gasteiger partial charge in [0.2, 0.25) is 5.89 Å². The lowest BCUT2D eigenvalue weighted by Crippen LogP contribution is -2.39. The Labute approximate surface area is 185 Å². The Bertz CT molecular complexity index is 1240. The molecular weight excluding hydrogens is 406 g/mol. The number of aryl methyl sites for hydroxylation is 4. The Morgan fingerprint density at radius 3 is 2.28 bits per heavy atom. The molecule has 0 saturated carbocycles. The van der Waals surface area contributed by atoms with Gasteiger partial charge in [-0.3, -0.25) is 14.6 Å². The van der Waals surface area contributed by atoms with Crippen LogP contribution in [0.5, 0.6) is 0 Å². The molecule has 3 heterocycles. The minimum atomic E-state index is -0.841. The van der Waals surface area contributed by atoms with E-state index in [1.807, 2.05) is 70.2 Å². The third-order valence-corrected chi connectivity index (χ3v) is 5.83. The van der Waals surface area contributed by atoms with E-state index in [1.165, 1.54) is 9.91 Å². The average molecular weight is 429 g/mol. The number of amides is 2. The van der Waals surface area contributed by atoms with Crippen molar-refractivity contribution in [3.8, 4) is 11.5 Å². The number of imide groups is 1. The van der Waals surface area contributed by atoms with Crippen molar-refractivity contribution in [3.05, 3.63) is 70.6 Å². The molecule has 0 unspecified atom stereocenters. The second kappa shape index (κ2) is 7.40. The van der Waals surface area contributed by atoms with Crippen molar-refractivity contribution in [2.75, 3.05) is 4.90 Å². The van der Waals surface area contributed by atoms with Gasteiger partial charge in [0.05, 0.1) is 12.2 Å². The molecule has 0 N–H and O–H groups in total. The number of nitrogens with zero attached hydrogens (tertiary/aromatic N) is 5. The molecule has 2 aromatic carbocycles. The van der Waals surface area contributed by atoms with Gasteiger partial charge in [0.1, 0.15) is 11.5 Å². The van der Waals surface area contributed by atoms with Crippen LogP contribution in [0.25, 0.3) is 11.5 Å². The molecule has 1 saturated heterocycles. The number of aromatic nitrogens is 1. The second-order valence-corrected chi connectivity index (χ2v) is 8.44. The Balaban J connectivity index is 1.40. The van der Waals surface area contributed by atoms with Gasteiger partial charge in [-0.1, -0.05) is 29.0 Å². The number of fused-ring (bicyclic) bond motifs is 1. The lowest BCUT2D eigenvalue weighted by molar-refractivity contribution is -0.123. The first-order chi connectivity index (χ1) is 15.3. The SMILES string of the molecule is Cc1ccc(-c2nc(CN3N=N[C@@H]4C(=O)N(c5cc(C)cc(C)c5)C(=O)[C@@H]43)c(C)o2)cc1. The topological polar surface area (TPSA) is 91.4 Å². The maximum Gasteiger partial charge on any atom is 0.263 e. The summed E-state index contributed by atoms with van der Waals surface area (Å²) in [4.78, 5) is 32.1. The van der Waals surface area contributed by atoms with Crippen molar-refractivity contribution in [1.82, 2.24) is 9.99 Å². The third-order valence-electron chi connectivity index (χ3n) is 5.83. The van der Waals surface area contributed by atoms with Gasteiger partial charge in [0.25, 0.3) is 11.8 Å². The summed E-state index contributed by atoms with van der Waals surface area (Å²) < 4.78 is 5.85. The van der Waals surface area contributed by atoms with Gasteiger partial charge in [-0.25, -0.2) is 9.88 Å². The van der Waals surface area contributed by atoms with Crippen molar-refractivity contribution >= 4 is 17.5 Å². The highest BCUT2D eigenvalue weighted by atomic mass is 16.4. The van der Waals surface area contributed by atoms with Crippen molar-refractivity contribution in [1.29, 1.82) is 0 Å². The Hall–Kier alpha value is -3.81. The van der Waals surface area contributed by atoms with E-state index in [-0.39, 0.29) is 18.4 Å². The maximum absolute atomic E-state index is 13.3. The largest absolute Gasteiger partial charge is 0.441 e. The predicted molar refractivity (Wildman–Crippen MR) is 118 cm³/mol. The number of carbonyl (C=O) groups excluding carboxylic acids is 2. The quantitative estimate of drug-likeness (QED) is 0.583. The predicted octanol–water partition coefficient (Wildman–Crippen LogP) is 4.07. The van der Waals surface area contributed by atoms with Gasteiger partial charge >= 0.3 is 0 Å². The van der Waals surface area contributed by atoms with Crippen LogP contribution in [0.15, 0.2) is 57.2 Å². The number of anilines is 1. The molecule has 8 nitrogen and oxygen atoms in total. The van der Waals surface area contributed by atoms with Crippen LogP contribution in [-0.4, -0.2) is 33.9 Å². The third kappa shape index (κ3) is 3.28. The normalized spacial score (nSPS) is 19.9. The number of benzene rings is 2. The standard InChI is InChI=1S/C24H23N5O3/c1-13-5-7-17(8-6-13)22-25-19(16(4)32-22)12-28-21-20(26-27-28)23(30)29(24(21)31)18-10-14(2)9-15(3)11-18/h5-11,20-21H,12H2,1-4H3/t20-,21+/m0/s1. The summed E-state index contributed by atoms with van der Waals surface area (Å²) in [5.41, 5.74) is 5.22. The van der Waals surface area contributed by atoms with E-state index in [4.69, 9.17) is 4.42 Å². The molecule has 1 aromatic heterocycles. The first kappa shape index (κ1) is 20.1. The highest BCUT2D eigenvalue weighted by Crippen LogP contribution is 2.34. The minimum absolute atomic E-state index is 0.228. The van der Waals surface area contributed by atoms with E-state index in [1.54, 1.807) is 0 Å². The van der Waals surface area contributed by atoms with Gasteiger partial charge in [0.15, 0.2) is 12.1 Å². The van der Waals surface area contributed by atoms with Crippen LogP contribution < -0.4 is 4.90 Å². The Morgan fingerprint density at radius 1 is 0.906 bits per heavy atom. The van der Waals surface area contributed by atoms with E-state index >= 15 is 0 Å². The number of oxazole rings is 1. The van der Waals surface area contributed by atoms with E-state index in [2.05, 4.69) is 15.3 Å². The summed E-state index contributed by atoms with van der Waals surface area (Å²) in [6.07, 6.45) is 0. The lowest BCUT2D eigenvalue weighted by atomic mass is 10.1. The number of hydrogen-bond acceptors (Lipinski definition) is 7. The molecule has 2 aliphatic rings. The molecule has 0 bridgehead atoms. The molecule has 2 aliphatic heterocycles. The number of rotatable bonds is 4. The number of carbonyl (C=O) groups is 2. The highest BCUT2D eigenvalue weighted by Gasteiger charge is 2.55. The first-order valence-corrected chi connectivity index (χ1v) is 10.5. The second-order valence-electron chi connectivity index (χ2n) is 8.44. The molecular formula is C24H23N5O3. The molecule has 162 valence electrons. The smallest absolute Gasteiger partial charge is 0.263 e. The van der Waals surface area contributed by atoms with Crippen molar-refractivity contribution in [2.45, 2.75) is 46.3 Å². The zero-order valence-electron chi connectivity index (χ0n) is 18.4. The van der Waals surface area contributed by atoms with E-state index in [9.17, 15) is 9.59 Å². The van der Waals surface area contributed by atoms with Crippen LogP contribution in [0.3, 0.4) is 0 Å². The molecule has 0 radical (unpaired) electrons. The summed E-state index contributed by atoms with van der Waals surface area (Å²) >= 11 is 0. The molecule has 2 amide bonds. The van der Waals surface area contributed by atoms with Crippen molar-refractivity contribution in [2.24, 2.45) is 10.3 Å². The van der Waals surface area contributed by atoms with Crippen LogP contribution in [0.1, 0.15) is 28.1 Å². The molecule has 1 fully saturated rings. The molecule has 32 heavy (non-hydrogen) atoms. The maximum atomic E-state index is 13.3. The molecule has 3 aromatic rings. The summed E-state index contributed by atoms with van der Waals surface area (Å²) in [5.74, 6) is 0.474. The Morgan fingerprint density at radius 2 is 1.59 bits per heavy atom. The molecule has 0 spiro atoms. The summed E-state index contributed by atoms with van der Waals surface area (Å²) in [6.45, 7) is 7.95. The van der Waals surface area contributed by atoms with E-state index in [0.29, 0.717) is 23.0 Å². The van der Waals surface area contributed by atoms with E-state index < -0.39 is 12.1 Å². The zero-order valence-corrected chi connectivity index (χ0v) is 18.4. The van der Waals surface area contributed by atoms with Crippen molar-refractivity contribution < 1.29 is 14.0 Å². The lowest BCUT2D eigenvalue weighted by Gasteiger charge is -2.20. The summed E-state index contributed by atoms with van der Waals surface area (Å²) in [5, 5.41) is 9.77.